The number of fused-ring (bicyclic) bond motifs is 3. The van der Waals surface area contributed by atoms with Crippen LogP contribution in [0.3, 0.4) is 0 Å². The molecular weight excluding hydrogens is 296 g/mol. The maximum absolute atomic E-state index is 12.9. The summed E-state index contributed by atoms with van der Waals surface area (Å²) in [5.74, 6) is -0.00789. The molecule has 3 aliphatic rings. The van der Waals surface area contributed by atoms with E-state index in [0.29, 0.717) is 0 Å². The summed E-state index contributed by atoms with van der Waals surface area (Å²) < 4.78 is 0. The van der Waals surface area contributed by atoms with Crippen LogP contribution in [0, 0.1) is 0 Å². The second-order valence-corrected chi connectivity index (χ2v) is 6.49. The van der Waals surface area contributed by atoms with E-state index < -0.39 is 5.66 Å². The van der Waals surface area contributed by atoms with Crippen LogP contribution < -0.4 is 10.6 Å². The van der Waals surface area contributed by atoms with Crippen LogP contribution in [-0.4, -0.2) is 11.6 Å². The van der Waals surface area contributed by atoms with Crippen LogP contribution in [0.15, 0.2) is 60.7 Å². The first-order valence-corrected chi connectivity index (χ1v) is 8.34. The molecule has 0 aromatic heterocycles. The molecule has 2 N–H and O–H groups in total. The maximum atomic E-state index is 12.9. The van der Waals surface area contributed by atoms with Crippen molar-refractivity contribution in [2.75, 3.05) is 5.32 Å². The lowest BCUT2D eigenvalue weighted by Crippen LogP contribution is -2.54. The number of hydrogen-bond donors (Lipinski definition) is 2. The van der Waals surface area contributed by atoms with Crippen molar-refractivity contribution in [2.45, 2.75) is 25.9 Å². The lowest BCUT2D eigenvalue weighted by Gasteiger charge is -2.36. The second-order valence-electron chi connectivity index (χ2n) is 6.49. The Morgan fingerprint density at radius 3 is 2.04 bits per heavy atom. The van der Waals surface area contributed by atoms with E-state index in [1.807, 2.05) is 49.4 Å². The molecule has 3 heteroatoms. The Kier molecular flexibility index (Phi) is 3.31. The van der Waals surface area contributed by atoms with Gasteiger partial charge in [0, 0.05) is 5.56 Å². The van der Waals surface area contributed by atoms with Gasteiger partial charge in [0.25, 0.3) is 5.91 Å². The highest BCUT2D eigenvalue weighted by Gasteiger charge is 2.38. The number of carbonyl (C=O) groups excluding carboxylic acids is 1. The molecule has 1 aromatic rings. The molecule has 0 radical (unpaired) electrons. The molecule has 24 heavy (non-hydrogen) atoms. The predicted molar refractivity (Wildman–Crippen MR) is 98.3 cm³/mol. The smallest absolute Gasteiger partial charge is 0.255 e. The highest BCUT2D eigenvalue weighted by molar-refractivity contribution is 6.16. The van der Waals surface area contributed by atoms with Gasteiger partial charge in [0.05, 0.1) is 11.3 Å². The van der Waals surface area contributed by atoms with E-state index in [2.05, 4.69) is 35.8 Å². The van der Waals surface area contributed by atoms with Crippen molar-refractivity contribution in [3.63, 3.8) is 0 Å². The Labute approximate surface area is 142 Å². The van der Waals surface area contributed by atoms with Gasteiger partial charge in [-0.3, -0.25) is 4.79 Å². The van der Waals surface area contributed by atoms with Gasteiger partial charge < -0.3 is 10.6 Å². The summed E-state index contributed by atoms with van der Waals surface area (Å²) in [6.07, 6.45) is 0.807. The van der Waals surface area contributed by atoms with E-state index in [-0.39, 0.29) is 5.91 Å². The average molecular weight is 316 g/mol. The van der Waals surface area contributed by atoms with Gasteiger partial charge in [0.15, 0.2) is 0 Å². The first-order chi connectivity index (χ1) is 11.6. The molecule has 1 aliphatic heterocycles. The summed E-state index contributed by atoms with van der Waals surface area (Å²) >= 11 is 0. The average Bonchev–Trinajstić information content (AvgIpc) is 2.72. The van der Waals surface area contributed by atoms with E-state index in [1.165, 1.54) is 0 Å². The molecule has 120 valence electrons. The summed E-state index contributed by atoms with van der Waals surface area (Å²) in [4.78, 5) is 12.9. The van der Waals surface area contributed by atoms with E-state index >= 15 is 0 Å². The van der Waals surface area contributed by atoms with Gasteiger partial charge in [-0.25, -0.2) is 0 Å². The fraction of sp³-hybridized carbons (Fsp3) is 0.190. The topological polar surface area (TPSA) is 41.1 Å². The minimum atomic E-state index is -0.430. The normalized spacial score (nSPS) is 19.5. The highest BCUT2D eigenvalue weighted by atomic mass is 16.2. The van der Waals surface area contributed by atoms with Crippen molar-refractivity contribution in [1.29, 1.82) is 0 Å². The number of benzene rings is 1. The molecule has 2 aliphatic carbocycles. The molecule has 0 saturated carbocycles. The lowest BCUT2D eigenvalue weighted by molar-refractivity contribution is 0.0907. The minimum Gasteiger partial charge on any atom is -0.362 e. The number of carbonyl (C=O) groups is 1. The van der Waals surface area contributed by atoms with Gasteiger partial charge in [-0.1, -0.05) is 67.6 Å². The third-order valence-electron chi connectivity index (χ3n) is 4.86. The Morgan fingerprint density at radius 2 is 1.42 bits per heavy atom. The highest BCUT2D eigenvalue weighted by Crippen LogP contribution is 2.48. The molecule has 3 nitrogen and oxygen atoms in total. The van der Waals surface area contributed by atoms with Crippen molar-refractivity contribution in [1.82, 2.24) is 5.32 Å². The number of anilines is 1. The first-order valence-electron chi connectivity index (χ1n) is 8.34. The minimum absolute atomic E-state index is 0.00789. The molecule has 0 bridgehead atoms. The molecule has 0 spiro atoms. The van der Waals surface area contributed by atoms with Crippen molar-refractivity contribution >= 4 is 11.6 Å². The van der Waals surface area contributed by atoms with Crippen LogP contribution in [-0.2, 0) is 0 Å². The standard InChI is InChI=1S/C21H20N2O/c1-3-21(2)22-19-17(14-10-6-4-7-11-14)15-12-8-5-9-13-16(15)18(19)20(24)23-21/h4-13,22H,3H2,1-2H3,(H,23,24). The zero-order chi connectivity index (χ0) is 16.7. The van der Waals surface area contributed by atoms with Crippen molar-refractivity contribution in [3.05, 3.63) is 66.2 Å². The summed E-state index contributed by atoms with van der Waals surface area (Å²) in [6.45, 7) is 4.10. The zero-order valence-electron chi connectivity index (χ0n) is 13.9. The van der Waals surface area contributed by atoms with Gasteiger partial charge in [-0.05, 0) is 30.0 Å². The van der Waals surface area contributed by atoms with E-state index in [0.717, 1.165) is 39.9 Å². The molecule has 1 atom stereocenters. The van der Waals surface area contributed by atoms with E-state index in [9.17, 15) is 4.79 Å². The molecule has 1 unspecified atom stereocenters. The molecule has 1 amide bonds. The van der Waals surface area contributed by atoms with Crippen LogP contribution in [0.1, 0.15) is 30.6 Å². The number of nitrogens with one attached hydrogen (secondary N) is 2. The van der Waals surface area contributed by atoms with Crippen LogP contribution in [0.2, 0.25) is 0 Å². The van der Waals surface area contributed by atoms with Gasteiger partial charge in [0.2, 0.25) is 0 Å². The van der Waals surface area contributed by atoms with Crippen molar-refractivity contribution < 1.29 is 4.79 Å². The van der Waals surface area contributed by atoms with E-state index in [1.54, 1.807) is 0 Å². The molecule has 4 rings (SSSR count). The third kappa shape index (κ3) is 2.16. The number of rotatable bonds is 2. The number of amides is 1. The summed E-state index contributed by atoms with van der Waals surface area (Å²) in [5, 5.41) is 6.70. The van der Waals surface area contributed by atoms with Crippen molar-refractivity contribution in [2.24, 2.45) is 0 Å². The largest absolute Gasteiger partial charge is 0.362 e. The molecule has 0 saturated heterocycles. The van der Waals surface area contributed by atoms with Crippen LogP contribution in [0.5, 0.6) is 0 Å². The summed E-state index contributed by atoms with van der Waals surface area (Å²) in [6, 6.07) is 20.4. The van der Waals surface area contributed by atoms with Crippen LogP contribution in [0.4, 0.5) is 5.69 Å². The van der Waals surface area contributed by atoms with Gasteiger partial charge in [0.1, 0.15) is 5.66 Å². The van der Waals surface area contributed by atoms with Gasteiger partial charge in [-0.15, -0.1) is 0 Å². The van der Waals surface area contributed by atoms with E-state index in [4.69, 9.17) is 0 Å². The summed E-state index contributed by atoms with van der Waals surface area (Å²) in [7, 11) is 0. The van der Waals surface area contributed by atoms with Gasteiger partial charge in [-0.2, -0.15) is 0 Å². The molecule has 1 heterocycles. The molecular formula is C21H20N2O. The predicted octanol–water partition coefficient (Wildman–Crippen LogP) is 4.74. The monoisotopic (exact) mass is 316 g/mol. The fourth-order valence-electron chi connectivity index (χ4n) is 3.44. The SMILES string of the molecule is CCC1(C)NC(=O)c2c3cccccc-3c(-c3ccccc3)c2N1. The van der Waals surface area contributed by atoms with Crippen LogP contribution in [0.25, 0.3) is 22.3 Å². The molecule has 0 fully saturated rings. The molecule has 1 aromatic carbocycles. The zero-order valence-corrected chi connectivity index (χ0v) is 13.9. The Balaban J connectivity index is 2.07. The summed E-state index contributed by atoms with van der Waals surface area (Å²) in [5.41, 5.74) is 5.56. The quantitative estimate of drug-likeness (QED) is 0.717. The fourth-order valence-corrected chi connectivity index (χ4v) is 3.44. The number of hydrogen-bond acceptors (Lipinski definition) is 2. The Hall–Kier alpha value is -2.81. The van der Waals surface area contributed by atoms with Crippen molar-refractivity contribution in [3.8, 4) is 22.3 Å². The Bertz CT molecular complexity index is 888. The lowest BCUT2D eigenvalue weighted by atomic mass is 10.00. The Morgan fingerprint density at radius 1 is 0.833 bits per heavy atom. The second kappa shape index (κ2) is 5.38. The third-order valence-corrected chi connectivity index (χ3v) is 4.86. The van der Waals surface area contributed by atoms with Gasteiger partial charge >= 0.3 is 0 Å². The first kappa shape index (κ1) is 14.8. The maximum Gasteiger partial charge on any atom is 0.255 e. The van der Waals surface area contributed by atoms with Crippen LogP contribution >= 0.6 is 0 Å².